The molecule has 0 fully saturated rings. The topological polar surface area (TPSA) is 72.9 Å². The smallest absolute Gasteiger partial charge is 0.276 e. The summed E-state index contributed by atoms with van der Waals surface area (Å²) in [7, 11) is 1.73. The number of aryl methyl sites for hydroxylation is 1. The van der Waals surface area contributed by atoms with Crippen molar-refractivity contribution < 1.29 is 4.79 Å². The molecule has 0 saturated carbocycles. The van der Waals surface area contributed by atoms with E-state index in [0.29, 0.717) is 22.0 Å². The molecule has 0 aliphatic heterocycles. The monoisotopic (exact) mass is 294 g/mol. The van der Waals surface area contributed by atoms with Crippen LogP contribution in [0.4, 0.5) is 5.69 Å². The van der Waals surface area contributed by atoms with Gasteiger partial charge < -0.3 is 11.1 Å². The molecule has 5 nitrogen and oxygen atoms in total. The molecule has 1 heterocycles. The first-order chi connectivity index (χ1) is 8.97. The number of carbonyl (C=O) groups excluding carboxylic acids is 1. The van der Waals surface area contributed by atoms with E-state index in [-0.39, 0.29) is 10.9 Å². The lowest BCUT2D eigenvalue weighted by Gasteiger charge is -2.07. The van der Waals surface area contributed by atoms with Gasteiger partial charge in [0.15, 0.2) is 5.69 Å². The van der Waals surface area contributed by atoms with Crippen molar-refractivity contribution in [1.29, 1.82) is 0 Å². The highest BCUT2D eigenvalue weighted by Crippen LogP contribution is 2.23. The van der Waals surface area contributed by atoms with Crippen LogP contribution in [-0.2, 0) is 7.05 Å². The zero-order valence-electron chi connectivity index (χ0n) is 10.1. The number of aromatic nitrogens is 2. The number of hydrogen-bond acceptors (Lipinski definition) is 3. The van der Waals surface area contributed by atoms with Crippen molar-refractivity contribution in [1.82, 2.24) is 9.78 Å². The minimum atomic E-state index is -0.345. The molecule has 0 aliphatic rings. The highest BCUT2D eigenvalue weighted by atomic mass is 35.5. The molecular formula is C12H11ClN4OS. The lowest BCUT2D eigenvalue weighted by Crippen LogP contribution is -2.15. The summed E-state index contributed by atoms with van der Waals surface area (Å²) in [6.45, 7) is 0. The molecule has 0 saturated heterocycles. The standard InChI is InChI=1S/C12H11ClN4OS/c1-17-5-4-9(16-17)12(18)15-10-6-7(11(14)19)2-3-8(10)13/h2-6H,1H3,(H2,14,19)(H,15,18). The summed E-state index contributed by atoms with van der Waals surface area (Å²) in [6.07, 6.45) is 1.68. The SMILES string of the molecule is Cn1ccc(C(=O)Nc2cc(C(N)=S)ccc2Cl)n1. The number of benzene rings is 1. The van der Waals surface area contributed by atoms with Crippen LogP contribution in [-0.4, -0.2) is 20.7 Å². The second kappa shape index (κ2) is 5.38. The van der Waals surface area contributed by atoms with Crippen LogP contribution < -0.4 is 11.1 Å². The fourth-order valence-electron chi connectivity index (χ4n) is 1.50. The molecule has 0 bridgehead atoms. The lowest BCUT2D eigenvalue weighted by atomic mass is 10.2. The van der Waals surface area contributed by atoms with Crippen LogP contribution in [0.2, 0.25) is 5.02 Å². The first kappa shape index (κ1) is 13.5. The Kier molecular flexibility index (Phi) is 3.82. The summed E-state index contributed by atoms with van der Waals surface area (Å²) in [5.41, 5.74) is 6.92. The molecular weight excluding hydrogens is 284 g/mol. The van der Waals surface area contributed by atoms with Gasteiger partial charge >= 0.3 is 0 Å². The molecule has 1 amide bonds. The van der Waals surface area contributed by atoms with E-state index in [0.717, 1.165) is 0 Å². The summed E-state index contributed by atoms with van der Waals surface area (Å²) >= 11 is 10.9. The fraction of sp³-hybridized carbons (Fsp3) is 0.0833. The van der Waals surface area contributed by atoms with Gasteiger partial charge in [0.2, 0.25) is 0 Å². The lowest BCUT2D eigenvalue weighted by molar-refractivity contribution is 0.102. The zero-order chi connectivity index (χ0) is 14.0. The second-order valence-electron chi connectivity index (χ2n) is 3.89. The summed E-state index contributed by atoms with van der Waals surface area (Å²) < 4.78 is 1.54. The molecule has 0 aliphatic carbocycles. The Labute approximate surface area is 120 Å². The number of nitrogens with two attached hydrogens (primary N) is 1. The molecule has 7 heteroatoms. The van der Waals surface area contributed by atoms with Gasteiger partial charge in [-0.1, -0.05) is 29.9 Å². The molecule has 0 atom stereocenters. The molecule has 1 aromatic carbocycles. The maximum atomic E-state index is 12.0. The number of rotatable bonds is 3. The number of nitrogens with one attached hydrogen (secondary N) is 1. The summed E-state index contributed by atoms with van der Waals surface area (Å²) in [5.74, 6) is -0.345. The number of carbonyl (C=O) groups is 1. The number of thiocarbonyl (C=S) groups is 1. The highest BCUT2D eigenvalue weighted by Gasteiger charge is 2.12. The van der Waals surface area contributed by atoms with E-state index in [1.807, 2.05) is 0 Å². The predicted octanol–water partition coefficient (Wildman–Crippen LogP) is 1.96. The van der Waals surface area contributed by atoms with Crippen LogP contribution in [0.1, 0.15) is 16.1 Å². The maximum absolute atomic E-state index is 12.0. The minimum Gasteiger partial charge on any atom is -0.389 e. The van der Waals surface area contributed by atoms with Crippen LogP contribution >= 0.6 is 23.8 Å². The third-order valence-electron chi connectivity index (χ3n) is 2.45. The summed E-state index contributed by atoms with van der Waals surface area (Å²) in [6, 6.07) is 6.57. The Bertz CT molecular complexity index is 653. The fourth-order valence-corrected chi connectivity index (χ4v) is 1.79. The van der Waals surface area contributed by atoms with Crippen molar-refractivity contribution >= 4 is 40.4 Å². The average molecular weight is 295 g/mol. The van der Waals surface area contributed by atoms with Crippen LogP contribution in [0.15, 0.2) is 30.5 Å². The van der Waals surface area contributed by atoms with Crippen molar-refractivity contribution in [3.63, 3.8) is 0 Å². The van der Waals surface area contributed by atoms with Crippen molar-refractivity contribution in [2.75, 3.05) is 5.32 Å². The molecule has 3 N–H and O–H groups in total. The first-order valence-electron chi connectivity index (χ1n) is 5.37. The van der Waals surface area contributed by atoms with Gasteiger partial charge in [0.1, 0.15) is 4.99 Å². The van der Waals surface area contributed by atoms with Gasteiger partial charge in [-0.05, 0) is 18.2 Å². The molecule has 19 heavy (non-hydrogen) atoms. The van der Waals surface area contributed by atoms with Gasteiger partial charge in [-0.2, -0.15) is 5.10 Å². The van der Waals surface area contributed by atoms with E-state index in [9.17, 15) is 4.79 Å². The number of halogens is 1. The summed E-state index contributed by atoms with van der Waals surface area (Å²) in [4.78, 5) is 12.2. The molecule has 98 valence electrons. The largest absolute Gasteiger partial charge is 0.389 e. The Morgan fingerprint density at radius 2 is 2.21 bits per heavy atom. The Morgan fingerprint density at radius 1 is 1.47 bits per heavy atom. The molecule has 0 unspecified atom stereocenters. The molecule has 2 rings (SSSR count). The predicted molar refractivity (Wildman–Crippen MR) is 78.5 cm³/mol. The van der Waals surface area contributed by atoms with Crippen molar-refractivity contribution in [2.24, 2.45) is 12.8 Å². The quantitative estimate of drug-likeness (QED) is 0.849. The van der Waals surface area contributed by atoms with E-state index < -0.39 is 0 Å². The van der Waals surface area contributed by atoms with Gasteiger partial charge in [0, 0.05) is 18.8 Å². The summed E-state index contributed by atoms with van der Waals surface area (Å²) in [5, 5.41) is 7.08. The normalized spacial score (nSPS) is 10.2. The highest BCUT2D eigenvalue weighted by molar-refractivity contribution is 7.80. The first-order valence-corrected chi connectivity index (χ1v) is 6.16. The van der Waals surface area contributed by atoms with Gasteiger partial charge in [-0.15, -0.1) is 0 Å². The van der Waals surface area contributed by atoms with Crippen LogP contribution in [0, 0.1) is 0 Å². The van der Waals surface area contributed by atoms with E-state index in [1.54, 1.807) is 42.2 Å². The number of hydrogen-bond donors (Lipinski definition) is 2. The van der Waals surface area contributed by atoms with Crippen LogP contribution in [0.3, 0.4) is 0 Å². The molecule has 2 aromatic rings. The maximum Gasteiger partial charge on any atom is 0.276 e. The second-order valence-corrected chi connectivity index (χ2v) is 4.73. The van der Waals surface area contributed by atoms with Crippen LogP contribution in [0.5, 0.6) is 0 Å². The van der Waals surface area contributed by atoms with Gasteiger partial charge in [0.25, 0.3) is 5.91 Å². The van der Waals surface area contributed by atoms with Gasteiger partial charge in [0.05, 0.1) is 10.7 Å². The number of amides is 1. The Hall–Kier alpha value is -1.92. The third-order valence-corrected chi connectivity index (χ3v) is 3.01. The number of nitrogens with zero attached hydrogens (tertiary/aromatic N) is 2. The van der Waals surface area contributed by atoms with Crippen molar-refractivity contribution in [3.8, 4) is 0 Å². The van der Waals surface area contributed by atoms with E-state index >= 15 is 0 Å². The minimum absolute atomic E-state index is 0.241. The molecule has 0 radical (unpaired) electrons. The third kappa shape index (κ3) is 3.10. The van der Waals surface area contributed by atoms with Gasteiger partial charge in [-0.25, -0.2) is 0 Å². The average Bonchev–Trinajstić information content (AvgIpc) is 2.78. The van der Waals surface area contributed by atoms with Crippen LogP contribution in [0.25, 0.3) is 0 Å². The van der Waals surface area contributed by atoms with Crippen molar-refractivity contribution in [3.05, 3.63) is 46.7 Å². The van der Waals surface area contributed by atoms with Gasteiger partial charge in [-0.3, -0.25) is 9.48 Å². The molecule has 0 spiro atoms. The number of anilines is 1. The van der Waals surface area contributed by atoms with E-state index in [2.05, 4.69) is 10.4 Å². The van der Waals surface area contributed by atoms with E-state index in [1.165, 1.54) is 0 Å². The van der Waals surface area contributed by atoms with Crippen molar-refractivity contribution in [2.45, 2.75) is 0 Å². The zero-order valence-corrected chi connectivity index (χ0v) is 11.6. The molecule has 1 aromatic heterocycles. The Balaban J connectivity index is 2.25. The van der Waals surface area contributed by atoms with E-state index in [4.69, 9.17) is 29.6 Å². The Morgan fingerprint density at radius 3 is 2.79 bits per heavy atom.